The van der Waals surface area contributed by atoms with E-state index in [9.17, 15) is 5.11 Å². The molecule has 0 radical (unpaired) electrons. The van der Waals surface area contributed by atoms with Crippen LogP contribution in [0.5, 0.6) is 0 Å². The molecule has 0 aromatic carbocycles. The van der Waals surface area contributed by atoms with Crippen LogP contribution in [0.15, 0.2) is 24.8 Å². The van der Waals surface area contributed by atoms with E-state index in [2.05, 4.69) is 33.9 Å². The summed E-state index contributed by atoms with van der Waals surface area (Å²) < 4.78 is 0. The smallest absolute Gasteiger partial charge is 0.0797 e. The maximum atomic E-state index is 10.3. The number of hydrogen-bond acceptors (Lipinski definition) is 1. The van der Waals surface area contributed by atoms with Gasteiger partial charge in [0.05, 0.1) is 5.60 Å². The van der Waals surface area contributed by atoms with Gasteiger partial charge in [-0.25, -0.2) is 0 Å². The monoisotopic (exact) mass is 290 g/mol. The summed E-state index contributed by atoms with van der Waals surface area (Å²) in [7, 11) is 0. The number of hydrogen-bond donors (Lipinski definition) is 1. The van der Waals surface area contributed by atoms with Gasteiger partial charge in [-0.3, -0.25) is 0 Å². The molecule has 2 aliphatic rings. The van der Waals surface area contributed by atoms with E-state index < -0.39 is 5.60 Å². The van der Waals surface area contributed by atoms with E-state index in [4.69, 9.17) is 0 Å². The second-order valence-electron chi connectivity index (χ2n) is 8.75. The van der Waals surface area contributed by atoms with Crippen LogP contribution in [0.4, 0.5) is 0 Å². The van der Waals surface area contributed by atoms with Crippen molar-refractivity contribution in [1.82, 2.24) is 0 Å². The maximum Gasteiger partial charge on any atom is 0.0797 e. The van der Waals surface area contributed by atoms with Crippen LogP contribution >= 0.6 is 0 Å². The third-order valence-electron chi connectivity index (χ3n) is 6.70. The normalized spacial score (nSPS) is 38.4. The maximum absolute atomic E-state index is 10.3. The Morgan fingerprint density at radius 3 is 2.62 bits per heavy atom. The molecule has 0 spiro atoms. The zero-order valence-corrected chi connectivity index (χ0v) is 14.5. The third kappa shape index (κ3) is 3.13. The molecule has 4 unspecified atom stereocenters. The Bertz CT molecular complexity index is 418. The van der Waals surface area contributed by atoms with Crippen LogP contribution in [-0.4, -0.2) is 10.7 Å². The fourth-order valence-corrected chi connectivity index (χ4v) is 5.35. The summed E-state index contributed by atoms with van der Waals surface area (Å²) in [6.07, 6.45) is 10.0. The van der Waals surface area contributed by atoms with E-state index in [0.717, 1.165) is 18.8 Å². The van der Waals surface area contributed by atoms with Gasteiger partial charge in [0.1, 0.15) is 0 Å². The topological polar surface area (TPSA) is 20.2 Å². The lowest BCUT2D eigenvalue weighted by Crippen LogP contribution is -2.49. The van der Waals surface area contributed by atoms with Gasteiger partial charge in [-0.2, -0.15) is 0 Å². The standard InChI is InChI=1S/C20H34O/c1-7-19(5,21)14-11-16-15(2)9-10-17-18(3,4)12-8-13-20(16,17)6/h7,16-17,21H,1-2,8-14H2,3-6H3. The number of allylic oxidation sites excluding steroid dienone is 1. The fourth-order valence-electron chi connectivity index (χ4n) is 5.35. The van der Waals surface area contributed by atoms with Gasteiger partial charge in [-0.15, -0.1) is 6.58 Å². The van der Waals surface area contributed by atoms with E-state index in [1.165, 1.54) is 37.7 Å². The quantitative estimate of drug-likeness (QED) is 0.678. The second-order valence-corrected chi connectivity index (χ2v) is 8.75. The summed E-state index contributed by atoms with van der Waals surface area (Å²) in [4.78, 5) is 0. The molecule has 0 bridgehead atoms. The molecule has 0 aromatic rings. The first-order valence-corrected chi connectivity index (χ1v) is 8.66. The summed E-state index contributed by atoms with van der Waals surface area (Å²) in [6, 6.07) is 0. The first-order valence-electron chi connectivity index (χ1n) is 8.66. The molecule has 2 aliphatic carbocycles. The summed E-state index contributed by atoms with van der Waals surface area (Å²) >= 11 is 0. The molecule has 1 nitrogen and oxygen atoms in total. The van der Waals surface area contributed by atoms with Gasteiger partial charge < -0.3 is 5.11 Å². The molecule has 120 valence electrons. The van der Waals surface area contributed by atoms with Crippen molar-refractivity contribution in [2.24, 2.45) is 22.7 Å². The van der Waals surface area contributed by atoms with Crippen LogP contribution in [0.2, 0.25) is 0 Å². The lowest BCUT2D eigenvalue weighted by atomic mass is 9.47. The molecule has 2 saturated carbocycles. The van der Waals surface area contributed by atoms with Crippen LogP contribution in [0.1, 0.15) is 72.6 Å². The molecule has 21 heavy (non-hydrogen) atoms. The van der Waals surface area contributed by atoms with Crippen molar-refractivity contribution in [1.29, 1.82) is 0 Å². The molecule has 0 aromatic heterocycles. The molecular weight excluding hydrogens is 256 g/mol. The lowest BCUT2D eigenvalue weighted by molar-refractivity contribution is -0.0583. The van der Waals surface area contributed by atoms with Crippen molar-refractivity contribution >= 4 is 0 Å². The highest BCUT2D eigenvalue weighted by molar-refractivity contribution is 5.16. The molecular formula is C20H34O. The van der Waals surface area contributed by atoms with Crippen LogP contribution < -0.4 is 0 Å². The summed E-state index contributed by atoms with van der Waals surface area (Å²) in [5, 5.41) is 10.3. The van der Waals surface area contributed by atoms with Crippen LogP contribution in [0.3, 0.4) is 0 Å². The zero-order valence-electron chi connectivity index (χ0n) is 14.5. The van der Waals surface area contributed by atoms with Crippen LogP contribution in [-0.2, 0) is 0 Å². The molecule has 0 heterocycles. The Balaban J connectivity index is 2.21. The minimum Gasteiger partial charge on any atom is -0.386 e. The highest BCUT2D eigenvalue weighted by atomic mass is 16.3. The molecule has 4 atom stereocenters. The van der Waals surface area contributed by atoms with Crippen LogP contribution in [0.25, 0.3) is 0 Å². The molecule has 0 aliphatic heterocycles. The van der Waals surface area contributed by atoms with Gasteiger partial charge in [-0.05, 0) is 68.1 Å². The summed E-state index contributed by atoms with van der Waals surface area (Å²) in [5.41, 5.74) is 1.50. The van der Waals surface area contributed by atoms with E-state index in [1.54, 1.807) is 6.08 Å². The van der Waals surface area contributed by atoms with Crippen molar-refractivity contribution in [2.75, 3.05) is 0 Å². The number of aliphatic hydroxyl groups is 1. The van der Waals surface area contributed by atoms with E-state index in [1.807, 2.05) is 6.92 Å². The van der Waals surface area contributed by atoms with Crippen molar-refractivity contribution < 1.29 is 5.11 Å². The van der Waals surface area contributed by atoms with Gasteiger partial charge in [-0.1, -0.05) is 45.4 Å². The van der Waals surface area contributed by atoms with Gasteiger partial charge in [0.15, 0.2) is 0 Å². The Labute approximate surface area is 131 Å². The highest BCUT2D eigenvalue weighted by Crippen LogP contribution is 2.61. The SMILES string of the molecule is C=CC(C)(O)CCC1C(=C)CCC2C(C)(C)CCCC12C. The first kappa shape index (κ1) is 16.8. The largest absolute Gasteiger partial charge is 0.386 e. The minimum absolute atomic E-state index is 0.369. The Kier molecular flexibility index (Phi) is 4.46. The molecule has 1 N–H and O–H groups in total. The minimum atomic E-state index is -0.742. The fraction of sp³-hybridized carbons (Fsp3) is 0.800. The second kappa shape index (κ2) is 5.57. The third-order valence-corrected chi connectivity index (χ3v) is 6.70. The Morgan fingerprint density at radius 2 is 2.00 bits per heavy atom. The van der Waals surface area contributed by atoms with Crippen molar-refractivity contribution in [3.05, 3.63) is 24.8 Å². The number of fused-ring (bicyclic) bond motifs is 1. The van der Waals surface area contributed by atoms with Crippen molar-refractivity contribution in [3.63, 3.8) is 0 Å². The predicted octanol–water partition coefficient (Wildman–Crippen LogP) is 5.50. The average molecular weight is 290 g/mol. The van der Waals surface area contributed by atoms with Crippen molar-refractivity contribution in [3.8, 4) is 0 Å². The zero-order chi connectivity index (χ0) is 15.9. The molecule has 2 rings (SSSR count). The number of rotatable bonds is 4. The molecule has 0 saturated heterocycles. The first-order chi connectivity index (χ1) is 9.62. The highest BCUT2D eigenvalue weighted by Gasteiger charge is 2.52. The summed E-state index contributed by atoms with van der Waals surface area (Å²) in [6.45, 7) is 17.4. The predicted molar refractivity (Wildman–Crippen MR) is 91.1 cm³/mol. The molecule has 1 heteroatoms. The Hall–Kier alpha value is -0.560. The summed E-state index contributed by atoms with van der Waals surface area (Å²) in [5.74, 6) is 1.35. The van der Waals surface area contributed by atoms with Gasteiger partial charge >= 0.3 is 0 Å². The van der Waals surface area contributed by atoms with Crippen molar-refractivity contribution in [2.45, 2.75) is 78.2 Å². The lowest BCUT2D eigenvalue weighted by Gasteiger charge is -2.58. The molecule has 0 amide bonds. The van der Waals surface area contributed by atoms with Gasteiger partial charge in [0, 0.05) is 0 Å². The average Bonchev–Trinajstić information content (AvgIpc) is 2.36. The van der Waals surface area contributed by atoms with Gasteiger partial charge in [0.2, 0.25) is 0 Å². The van der Waals surface area contributed by atoms with Crippen LogP contribution in [0, 0.1) is 22.7 Å². The van der Waals surface area contributed by atoms with E-state index in [0.29, 0.717) is 16.7 Å². The van der Waals surface area contributed by atoms with E-state index in [-0.39, 0.29) is 0 Å². The Morgan fingerprint density at radius 1 is 1.33 bits per heavy atom. The van der Waals surface area contributed by atoms with Gasteiger partial charge in [0.25, 0.3) is 0 Å². The molecule has 2 fully saturated rings. The van der Waals surface area contributed by atoms with E-state index >= 15 is 0 Å².